The maximum Gasteiger partial charge on any atom is 0.181 e. The lowest BCUT2D eigenvalue weighted by molar-refractivity contribution is 0.593. The van der Waals surface area contributed by atoms with Crippen molar-refractivity contribution in [3.63, 3.8) is 0 Å². The van der Waals surface area contributed by atoms with Gasteiger partial charge in [-0.25, -0.2) is 9.97 Å². The summed E-state index contributed by atoms with van der Waals surface area (Å²) in [6.45, 7) is 13.3. The molecule has 0 aliphatic carbocycles. The number of fused-ring (bicyclic) bond motifs is 2. The van der Waals surface area contributed by atoms with Crippen molar-refractivity contribution in [3.05, 3.63) is 47.9 Å². The van der Waals surface area contributed by atoms with Gasteiger partial charge in [0.15, 0.2) is 12.0 Å². The van der Waals surface area contributed by atoms with Gasteiger partial charge in [0.1, 0.15) is 11.3 Å². The molecule has 2 aromatic carbocycles. The van der Waals surface area contributed by atoms with Crippen molar-refractivity contribution in [2.24, 2.45) is 0 Å². The lowest BCUT2D eigenvalue weighted by atomic mass is 9.82. The molecule has 0 aliphatic heterocycles. The summed E-state index contributed by atoms with van der Waals surface area (Å²) >= 11 is 0. The van der Waals surface area contributed by atoms with Crippen LogP contribution in [0.4, 0.5) is 0 Å². The van der Waals surface area contributed by atoms with Crippen molar-refractivity contribution in [1.29, 1.82) is 0 Å². The number of hydrogen-bond acceptors (Lipinski definition) is 3. The number of aromatic amines is 1. The van der Waals surface area contributed by atoms with E-state index in [-0.39, 0.29) is 10.8 Å². The van der Waals surface area contributed by atoms with E-state index in [1.54, 1.807) is 0 Å². The standard InChI is InChI=1S/C22H25N3O/c1-21(2,3)14-8-7-9-15-18(14)25-20(24-15)13-10-11-16-19(23-12-26-16)17(13)22(4,5)6/h7-12H,1-6H3,(H,24,25). The lowest BCUT2D eigenvalue weighted by Crippen LogP contribution is -2.14. The smallest absolute Gasteiger partial charge is 0.181 e. The van der Waals surface area contributed by atoms with Gasteiger partial charge in [0.05, 0.1) is 11.0 Å². The zero-order chi connectivity index (χ0) is 18.7. The van der Waals surface area contributed by atoms with Crippen LogP contribution in [0.2, 0.25) is 0 Å². The minimum absolute atomic E-state index is 0.0479. The molecule has 4 heteroatoms. The van der Waals surface area contributed by atoms with Crippen LogP contribution in [0.5, 0.6) is 0 Å². The quantitative estimate of drug-likeness (QED) is 0.462. The van der Waals surface area contributed by atoms with Gasteiger partial charge in [0, 0.05) is 5.56 Å². The maximum absolute atomic E-state index is 5.53. The van der Waals surface area contributed by atoms with Gasteiger partial charge in [-0.3, -0.25) is 0 Å². The van der Waals surface area contributed by atoms with Crippen LogP contribution in [0.1, 0.15) is 52.7 Å². The molecule has 0 saturated heterocycles. The Morgan fingerprint density at radius 2 is 1.69 bits per heavy atom. The van der Waals surface area contributed by atoms with E-state index >= 15 is 0 Å². The number of rotatable bonds is 1. The van der Waals surface area contributed by atoms with Crippen molar-refractivity contribution in [2.45, 2.75) is 52.4 Å². The highest BCUT2D eigenvalue weighted by atomic mass is 16.3. The molecule has 0 radical (unpaired) electrons. The molecule has 4 rings (SSSR count). The van der Waals surface area contributed by atoms with Crippen LogP contribution in [-0.4, -0.2) is 15.0 Å². The highest BCUT2D eigenvalue weighted by molar-refractivity contribution is 5.89. The molecule has 2 aromatic heterocycles. The first-order valence-corrected chi connectivity index (χ1v) is 9.02. The molecule has 0 atom stereocenters. The Morgan fingerprint density at radius 1 is 0.923 bits per heavy atom. The maximum atomic E-state index is 5.53. The first-order chi connectivity index (χ1) is 12.2. The molecule has 0 amide bonds. The normalized spacial score (nSPS) is 13.0. The van der Waals surface area contributed by atoms with Crippen LogP contribution in [0.15, 0.2) is 41.1 Å². The number of oxazole rings is 1. The van der Waals surface area contributed by atoms with Gasteiger partial charge >= 0.3 is 0 Å². The molecule has 1 N–H and O–H groups in total. The fourth-order valence-corrected chi connectivity index (χ4v) is 3.67. The molecule has 0 unspecified atom stereocenters. The third-order valence-electron chi connectivity index (χ3n) is 4.83. The van der Waals surface area contributed by atoms with Gasteiger partial charge in [-0.1, -0.05) is 53.7 Å². The number of nitrogens with one attached hydrogen (secondary N) is 1. The van der Waals surface area contributed by atoms with Crippen LogP contribution < -0.4 is 0 Å². The molecule has 0 aliphatic rings. The summed E-state index contributed by atoms with van der Waals surface area (Å²) < 4.78 is 5.53. The minimum atomic E-state index is -0.0858. The van der Waals surface area contributed by atoms with Gasteiger partial charge in [-0.2, -0.15) is 0 Å². The van der Waals surface area contributed by atoms with Crippen LogP contribution in [0, 0.1) is 0 Å². The van der Waals surface area contributed by atoms with E-state index in [9.17, 15) is 0 Å². The average molecular weight is 347 g/mol. The van der Waals surface area contributed by atoms with E-state index in [4.69, 9.17) is 9.40 Å². The van der Waals surface area contributed by atoms with Crippen LogP contribution >= 0.6 is 0 Å². The topological polar surface area (TPSA) is 54.7 Å². The minimum Gasteiger partial charge on any atom is -0.443 e. The summed E-state index contributed by atoms with van der Waals surface area (Å²) in [6.07, 6.45) is 1.51. The molecule has 4 aromatic rings. The summed E-state index contributed by atoms with van der Waals surface area (Å²) in [7, 11) is 0. The summed E-state index contributed by atoms with van der Waals surface area (Å²) in [5.41, 5.74) is 7.28. The molecule has 2 heterocycles. The number of imidazole rings is 1. The Balaban J connectivity index is 2.02. The molecule has 0 fully saturated rings. The monoisotopic (exact) mass is 347 g/mol. The second-order valence-corrected chi connectivity index (χ2v) is 8.97. The molecule has 4 nitrogen and oxygen atoms in total. The molecule has 0 saturated carbocycles. The van der Waals surface area contributed by atoms with E-state index in [0.29, 0.717) is 0 Å². The Morgan fingerprint density at radius 3 is 2.38 bits per heavy atom. The molecule has 0 bridgehead atoms. The Kier molecular flexibility index (Phi) is 3.52. The van der Waals surface area contributed by atoms with E-state index in [0.717, 1.165) is 39.1 Å². The van der Waals surface area contributed by atoms with Crippen LogP contribution in [-0.2, 0) is 10.8 Å². The van der Waals surface area contributed by atoms with Crippen LogP contribution in [0.25, 0.3) is 33.5 Å². The number of para-hydroxylation sites is 1. The fourth-order valence-electron chi connectivity index (χ4n) is 3.67. The summed E-state index contributed by atoms with van der Waals surface area (Å²) in [5.74, 6) is 0.881. The molecular formula is C22H25N3O. The molecular weight excluding hydrogens is 322 g/mol. The zero-order valence-corrected chi connectivity index (χ0v) is 16.3. The first kappa shape index (κ1) is 16.8. The van der Waals surface area contributed by atoms with Gasteiger partial charge in [0.2, 0.25) is 0 Å². The van der Waals surface area contributed by atoms with Crippen molar-refractivity contribution < 1.29 is 4.42 Å². The number of hydrogen-bond donors (Lipinski definition) is 1. The summed E-state index contributed by atoms with van der Waals surface area (Å²) in [4.78, 5) is 13.0. The largest absolute Gasteiger partial charge is 0.443 e. The van der Waals surface area contributed by atoms with Crippen molar-refractivity contribution >= 4 is 22.1 Å². The molecule has 134 valence electrons. The zero-order valence-electron chi connectivity index (χ0n) is 16.3. The van der Waals surface area contributed by atoms with E-state index in [1.807, 2.05) is 6.07 Å². The third kappa shape index (κ3) is 2.61. The molecule has 0 spiro atoms. The van der Waals surface area contributed by atoms with E-state index in [1.165, 1.54) is 12.0 Å². The molecule has 26 heavy (non-hydrogen) atoms. The van der Waals surface area contributed by atoms with E-state index in [2.05, 4.69) is 75.8 Å². The van der Waals surface area contributed by atoms with Crippen LogP contribution in [0.3, 0.4) is 0 Å². The fraction of sp³-hybridized carbons (Fsp3) is 0.364. The Bertz CT molecular complexity index is 1100. The van der Waals surface area contributed by atoms with E-state index < -0.39 is 0 Å². The second-order valence-electron chi connectivity index (χ2n) is 8.97. The van der Waals surface area contributed by atoms with Gasteiger partial charge in [-0.15, -0.1) is 0 Å². The third-order valence-corrected chi connectivity index (χ3v) is 4.83. The SMILES string of the molecule is CC(C)(C)c1c(-c2nc3cccc(C(C)(C)C)c3[nH]2)ccc2ocnc12. The van der Waals surface area contributed by atoms with Crippen molar-refractivity contribution in [3.8, 4) is 11.4 Å². The highest BCUT2D eigenvalue weighted by Gasteiger charge is 2.26. The van der Waals surface area contributed by atoms with Gasteiger partial charge in [0.25, 0.3) is 0 Å². The lowest BCUT2D eigenvalue weighted by Gasteiger charge is -2.22. The average Bonchev–Trinajstić information content (AvgIpc) is 3.17. The Hall–Kier alpha value is -2.62. The summed E-state index contributed by atoms with van der Waals surface area (Å²) in [5, 5.41) is 0. The first-order valence-electron chi connectivity index (χ1n) is 9.02. The van der Waals surface area contributed by atoms with Gasteiger partial charge < -0.3 is 9.40 Å². The van der Waals surface area contributed by atoms with Crippen molar-refractivity contribution in [1.82, 2.24) is 15.0 Å². The number of benzene rings is 2. The number of nitrogens with zero attached hydrogens (tertiary/aromatic N) is 2. The van der Waals surface area contributed by atoms with Crippen molar-refractivity contribution in [2.75, 3.05) is 0 Å². The predicted molar refractivity (Wildman–Crippen MR) is 106 cm³/mol. The second kappa shape index (κ2) is 5.44. The number of H-pyrrole nitrogens is 1. The van der Waals surface area contributed by atoms with Gasteiger partial charge in [-0.05, 0) is 40.2 Å². The summed E-state index contributed by atoms with van der Waals surface area (Å²) in [6, 6.07) is 10.4. The highest BCUT2D eigenvalue weighted by Crippen LogP contribution is 2.38. The number of aromatic nitrogens is 3. The predicted octanol–water partition coefficient (Wildman–Crippen LogP) is 5.97. The Labute approximate surface area is 153 Å².